The molecule has 168 valence electrons. The van der Waals surface area contributed by atoms with Gasteiger partial charge < -0.3 is 19.5 Å². The minimum Gasteiger partial charge on any atom is -0.489 e. The molecule has 1 fully saturated rings. The van der Waals surface area contributed by atoms with Gasteiger partial charge in [-0.25, -0.2) is 0 Å². The first kappa shape index (κ1) is 21.8. The molecule has 11 heteroatoms. The minimum atomic E-state index is -0.582. The number of halogens is 1. The lowest BCUT2D eigenvalue weighted by atomic mass is 10.2. The molecule has 2 aliphatic rings. The summed E-state index contributed by atoms with van der Waals surface area (Å²) in [5, 5.41) is 14.2. The zero-order chi connectivity index (χ0) is 22.7. The zero-order valence-corrected chi connectivity index (χ0v) is 17.7. The van der Waals surface area contributed by atoms with Crippen LogP contribution in [0.15, 0.2) is 36.4 Å². The number of carbonyl (C=O) groups is 2. The Morgan fingerprint density at radius 2 is 2.16 bits per heavy atom. The van der Waals surface area contributed by atoms with E-state index in [9.17, 15) is 19.7 Å². The second-order valence-corrected chi connectivity index (χ2v) is 7.75. The molecule has 2 aromatic rings. The standard InChI is InChI=1S/C21H20ClN3O7/c22-13-3-5-18(31-11-15-2-1-7-30-15)16(8-13)23-20(26)10-24-17-9-14(25(28)29)4-6-19(17)32-12-21(24)27/h3-6,8-9,15H,1-2,7,10-12H2,(H,23,26). The van der Waals surface area contributed by atoms with E-state index in [2.05, 4.69) is 5.32 Å². The van der Waals surface area contributed by atoms with Gasteiger partial charge in [0.1, 0.15) is 24.7 Å². The Labute approximate surface area is 188 Å². The lowest BCUT2D eigenvalue weighted by Gasteiger charge is -2.28. The highest BCUT2D eigenvalue weighted by Gasteiger charge is 2.29. The third-order valence-electron chi connectivity index (χ3n) is 5.06. The van der Waals surface area contributed by atoms with E-state index in [1.165, 1.54) is 18.2 Å². The molecule has 0 spiro atoms. The Balaban J connectivity index is 1.49. The quantitative estimate of drug-likeness (QED) is 0.496. The van der Waals surface area contributed by atoms with Crippen molar-refractivity contribution in [3.05, 3.63) is 51.5 Å². The number of hydrogen-bond acceptors (Lipinski definition) is 7. The molecule has 0 saturated carbocycles. The molecule has 2 amide bonds. The number of nitrogens with one attached hydrogen (secondary N) is 1. The maximum Gasteiger partial charge on any atom is 0.271 e. The van der Waals surface area contributed by atoms with E-state index in [-0.39, 0.29) is 36.4 Å². The predicted molar refractivity (Wildman–Crippen MR) is 115 cm³/mol. The summed E-state index contributed by atoms with van der Waals surface area (Å²) in [5.74, 6) is -0.315. The van der Waals surface area contributed by atoms with E-state index in [1.54, 1.807) is 18.2 Å². The number of anilines is 2. The van der Waals surface area contributed by atoms with E-state index in [0.29, 0.717) is 29.7 Å². The van der Waals surface area contributed by atoms with Gasteiger partial charge in [-0.2, -0.15) is 0 Å². The molecule has 2 aliphatic heterocycles. The maximum atomic E-state index is 12.8. The van der Waals surface area contributed by atoms with Crippen LogP contribution in [0.5, 0.6) is 11.5 Å². The Morgan fingerprint density at radius 1 is 1.31 bits per heavy atom. The van der Waals surface area contributed by atoms with Gasteiger partial charge in [0.15, 0.2) is 6.61 Å². The SMILES string of the molecule is O=C(CN1C(=O)COc2ccc([N+](=O)[O-])cc21)Nc1cc(Cl)ccc1OCC1CCCO1. The summed E-state index contributed by atoms with van der Waals surface area (Å²) in [6.07, 6.45) is 1.87. The summed E-state index contributed by atoms with van der Waals surface area (Å²) >= 11 is 6.08. The first-order valence-corrected chi connectivity index (χ1v) is 10.3. The lowest BCUT2D eigenvalue weighted by Crippen LogP contribution is -2.43. The van der Waals surface area contributed by atoms with Gasteiger partial charge in [-0.1, -0.05) is 11.6 Å². The Kier molecular flexibility index (Phi) is 6.42. The van der Waals surface area contributed by atoms with E-state index in [1.807, 2.05) is 0 Å². The second-order valence-electron chi connectivity index (χ2n) is 7.31. The van der Waals surface area contributed by atoms with E-state index >= 15 is 0 Å². The first-order valence-electron chi connectivity index (χ1n) is 9.96. The highest BCUT2D eigenvalue weighted by molar-refractivity contribution is 6.31. The van der Waals surface area contributed by atoms with E-state index in [0.717, 1.165) is 17.7 Å². The summed E-state index contributed by atoms with van der Waals surface area (Å²) in [6, 6.07) is 8.71. The third kappa shape index (κ3) is 4.92. The summed E-state index contributed by atoms with van der Waals surface area (Å²) in [6.45, 7) is 0.397. The molecular formula is C21H20ClN3O7. The normalized spacial score (nSPS) is 17.5. The topological polar surface area (TPSA) is 120 Å². The van der Waals surface area contributed by atoms with E-state index in [4.69, 9.17) is 25.8 Å². The number of benzene rings is 2. The minimum absolute atomic E-state index is 0.00695. The molecule has 2 heterocycles. The van der Waals surface area contributed by atoms with Crippen LogP contribution in [0, 0.1) is 10.1 Å². The van der Waals surface area contributed by atoms with Crippen molar-refractivity contribution in [2.75, 3.05) is 36.6 Å². The molecule has 2 aromatic carbocycles. The van der Waals surface area contributed by atoms with Crippen LogP contribution in [-0.4, -0.2) is 49.2 Å². The predicted octanol–water partition coefficient (Wildman–Crippen LogP) is 3.17. The van der Waals surface area contributed by atoms with Gasteiger partial charge in [0.25, 0.3) is 11.6 Å². The van der Waals surface area contributed by atoms with Crippen LogP contribution in [0.4, 0.5) is 17.1 Å². The first-order chi connectivity index (χ1) is 15.4. The number of ether oxygens (including phenoxy) is 3. The number of nitro groups is 1. The fraction of sp³-hybridized carbons (Fsp3) is 0.333. The van der Waals surface area contributed by atoms with Crippen LogP contribution in [0.25, 0.3) is 0 Å². The number of amides is 2. The second kappa shape index (κ2) is 9.41. The molecule has 32 heavy (non-hydrogen) atoms. The molecule has 1 saturated heterocycles. The molecule has 0 aliphatic carbocycles. The number of fused-ring (bicyclic) bond motifs is 1. The average molecular weight is 462 g/mol. The van der Waals surface area contributed by atoms with Crippen molar-refractivity contribution in [1.82, 2.24) is 0 Å². The third-order valence-corrected chi connectivity index (χ3v) is 5.30. The Hall–Kier alpha value is -3.37. The number of hydrogen-bond donors (Lipinski definition) is 1. The Morgan fingerprint density at radius 3 is 2.91 bits per heavy atom. The number of nitro benzene ring substituents is 1. The number of rotatable bonds is 7. The molecule has 1 N–H and O–H groups in total. The highest BCUT2D eigenvalue weighted by atomic mass is 35.5. The van der Waals surface area contributed by atoms with Gasteiger partial charge in [-0.15, -0.1) is 0 Å². The van der Waals surface area contributed by atoms with Crippen LogP contribution in [0.2, 0.25) is 5.02 Å². The van der Waals surface area contributed by atoms with Crippen LogP contribution in [0.1, 0.15) is 12.8 Å². The van der Waals surface area contributed by atoms with Gasteiger partial charge in [-0.05, 0) is 37.1 Å². The molecule has 1 atom stereocenters. The van der Waals surface area contributed by atoms with Crippen LogP contribution >= 0.6 is 11.6 Å². The van der Waals surface area contributed by atoms with Crippen LogP contribution in [-0.2, 0) is 14.3 Å². The molecule has 0 radical (unpaired) electrons. The van der Waals surface area contributed by atoms with Crippen molar-refractivity contribution in [3.8, 4) is 11.5 Å². The number of carbonyl (C=O) groups excluding carboxylic acids is 2. The van der Waals surface area contributed by atoms with Crippen molar-refractivity contribution < 1.29 is 28.7 Å². The molecule has 1 unspecified atom stereocenters. The molecular weight excluding hydrogens is 442 g/mol. The fourth-order valence-electron chi connectivity index (χ4n) is 3.50. The maximum absolute atomic E-state index is 12.8. The van der Waals surface area contributed by atoms with Crippen molar-refractivity contribution in [2.45, 2.75) is 18.9 Å². The average Bonchev–Trinajstić information content (AvgIpc) is 3.28. The monoisotopic (exact) mass is 461 g/mol. The summed E-state index contributed by atoms with van der Waals surface area (Å²) in [4.78, 5) is 36.8. The fourth-order valence-corrected chi connectivity index (χ4v) is 3.67. The van der Waals surface area contributed by atoms with Crippen LogP contribution < -0.4 is 19.7 Å². The van der Waals surface area contributed by atoms with Gasteiger partial charge in [0.05, 0.1) is 22.4 Å². The molecule has 10 nitrogen and oxygen atoms in total. The van der Waals surface area contributed by atoms with Gasteiger partial charge in [-0.3, -0.25) is 24.6 Å². The number of non-ortho nitro benzene ring substituents is 1. The molecule has 0 aromatic heterocycles. The molecule has 4 rings (SSSR count). The van der Waals surface area contributed by atoms with Crippen molar-refractivity contribution in [2.24, 2.45) is 0 Å². The smallest absolute Gasteiger partial charge is 0.271 e. The van der Waals surface area contributed by atoms with Crippen molar-refractivity contribution >= 4 is 40.5 Å². The summed E-state index contributed by atoms with van der Waals surface area (Å²) < 4.78 is 16.7. The van der Waals surface area contributed by atoms with Gasteiger partial charge in [0, 0.05) is 23.8 Å². The van der Waals surface area contributed by atoms with Crippen molar-refractivity contribution in [3.63, 3.8) is 0 Å². The van der Waals surface area contributed by atoms with Gasteiger partial charge >= 0.3 is 0 Å². The highest BCUT2D eigenvalue weighted by Crippen LogP contribution is 2.35. The lowest BCUT2D eigenvalue weighted by molar-refractivity contribution is -0.384. The summed E-state index contributed by atoms with van der Waals surface area (Å²) in [7, 11) is 0. The molecule has 0 bridgehead atoms. The van der Waals surface area contributed by atoms with Crippen molar-refractivity contribution in [1.29, 1.82) is 0 Å². The van der Waals surface area contributed by atoms with Gasteiger partial charge in [0.2, 0.25) is 5.91 Å². The Bertz CT molecular complexity index is 1060. The zero-order valence-electron chi connectivity index (χ0n) is 16.9. The van der Waals surface area contributed by atoms with E-state index < -0.39 is 16.7 Å². The van der Waals surface area contributed by atoms with Crippen LogP contribution in [0.3, 0.4) is 0 Å². The number of nitrogens with zero attached hydrogens (tertiary/aromatic N) is 2. The summed E-state index contributed by atoms with van der Waals surface area (Å²) in [5.41, 5.74) is 0.291. The largest absolute Gasteiger partial charge is 0.489 e.